The maximum atomic E-state index is 5.84. The lowest BCUT2D eigenvalue weighted by Gasteiger charge is -2.11. The van der Waals surface area contributed by atoms with Gasteiger partial charge in [-0.2, -0.15) is 0 Å². The van der Waals surface area contributed by atoms with Gasteiger partial charge in [-0.25, -0.2) is 0 Å². The Balaban J connectivity index is 2.25. The molecule has 1 aromatic carbocycles. The summed E-state index contributed by atoms with van der Waals surface area (Å²) in [6.45, 7) is 4.50. The van der Waals surface area contributed by atoms with Crippen molar-refractivity contribution in [1.29, 1.82) is 0 Å². The number of halogens is 1. The van der Waals surface area contributed by atoms with E-state index in [1.54, 1.807) is 7.11 Å². The second-order valence-corrected chi connectivity index (χ2v) is 5.13. The number of nitrogens with two attached hydrogens (primary N) is 1. The zero-order valence-corrected chi connectivity index (χ0v) is 13.1. The Morgan fingerprint density at radius 1 is 1.21 bits per heavy atom. The molecule has 5 heteroatoms. The molecule has 4 nitrogen and oxygen atoms in total. The maximum Gasteiger partial charge on any atom is 0.120 e. The van der Waals surface area contributed by atoms with Crippen molar-refractivity contribution in [2.75, 3.05) is 33.5 Å². The van der Waals surface area contributed by atoms with Crippen LogP contribution in [0.3, 0.4) is 0 Å². The molecule has 0 heterocycles. The summed E-state index contributed by atoms with van der Waals surface area (Å²) in [5.74, 6) is 0.816. The molecule has 0 fully saturated rings. The lowest BCUT2D eigenvalue weighted by molar-refractivity contribution is 0.0806. The van der Waals surface area contributed by atoms with Gasteiger partial charge in [0.05, 0.1) is 6.61 Å². The molecule has 0 aliphatic carbocycles. The van der Waals surface area contributed by atoms with Gasteiger partial charge in [0.15, 0.2) is 0 Å². The van der Waals surface area contributed by atoms with E-state index in [0.717, 1.165) is 28.8 Å². The number of ether oxygens (including phenoxy) is 3. The van der Waals surface area contributed by atoms with E-state index in [1.807, 2.05) is 25.1 Å². The van der Waals surface area contributed by atoms with Crippen molar-refractivity contribution in [1.82, 2.24) is 0 Å². The van der Waals surface area contributed by atoms with Gasteiger partial charge in [0.25, 0.3) is 0 Å². The molecule has 0 aromatic heterocycles. The van der Waals surface area contributed by atoms with E-state index in [4.69, 9.17) is 19.9 Å². The van der Waals surface area contributed by atoms with Crippen molar-refractivity contribution in [2.45, 2.75) is 19.4 Å². The Morgan fingerprint density at radius 2 is 2.00 bits per heavy atom. The molecule has 1 rings (SSSR count). The van der Waals surface area contributed by atoms with Gasteiger partial charge < -0.3 is 19.9 Å². The second-order valence-electron chi connectivity index (χ2n) is 4.28. The highest BCUT2D eigenvalue weighted by Crippen LogP contribution is 2.26. The van der Waals surface area contributed by atoms with Gasteiger partial charge in [0.1, 0.15) is 12.4 Å². The van der Waals surface area contributed by atoms with Crippen molar-refractivity contribution in [3.63, 3.8) is 0 Å². The molecule has 0 radical (unpaired) electrons. The average molecular weight is 332 g/mol. The minimum Gasteiger partial charge on any atom is -0.491 e. The Kier molecular flexibility index (Phi) is 8.05. The predicted octanol–water partition coefficient (Wildman–Crippen LogP) is 2.90. The van der Waals surface area contributed by atoms with E-state index in [1.165, 1.54) is 0 Å². The third-order valence-electron chi connectivity index (χ3n) is 2.60. The first kappa shape index (κ1) is 16.4. The first-order chi connectivity index (χ1) is 9.15. The van der Waals surface area contributed by atoms with Crippen LogP contribution in [0.2, 0.25) is 0 Å². The molecule has 0 saturated carbocycles. The lowest BCUT2D eigenvalue weighted by atomic mass is 10.1. The molecule has 0 aliphatic rings. The molecule has 1 unspecified atom stereocenters. The van der Waals surface area contributed by atoms with E-state index < -0.39 is 0 Å². The highest BCUT2D eigenvalue weighted by Gasteiger charge is 2.06. The van der Waals surface area contributed by atoms with Crippen LogP contribution >= 0.6 is 15.9 Å². The second kappa shape index (κ2) is 9.31. The van der Waals surface area contributed by atoms with Crippen LogP contribution < -0.4 is 10.5 Å². The van der Waals surface area contributed by atoms with E-state index >= 15 is 0 Å². The third-order valence-corrected chi connectivity index (χ3v) is 3.28. The summed E-state index contributed by atoms with van der Waals surface area (Å²) in [6, 6.07) is 5.84. The number of benzene rings is 1. The molecule has 2 N–H and O–H groups in total. The molecule has 0 bridgehead atoms. The molecule has 1 aromatic rings. The van der Waals surface area contributed by atoms with Crippen molar-refractivity contribution >= 4 is 15.9 Å². The first-order valence-electron chi connectivity index (χ1n) is 6.39. The number of rotatable bonds is 9. The number of methoxy groups -OCH3 is 1. The highest BCUT2D eigenvalue weighted by atomic mass is 79.9. The van der Waals surface area contributed by atoms with Gasteiger partial charge in [-0.15, -0.1) is 0 Å². The fourth-order valence-corrected chi connectivity index (χ4v) is 2.31. The minimum absolute atomic E-state index is 0.00698. The van der Waals surface area contributed by atoms with Gasteiger partial charge in [0, 0.05) is 30.8 Å². The fourth-order valence-electron chi connectivity index (χ4n) is 1.59. The molecule has 1 atom stereocenters. The molecule has 0 saturated heterocycles. The van der Waals surface area contributed by atoms with Crippen LogP contribution in [0.5, 0.6) is 5.75 Å². The quantitative estimate of drug-likeness (QED) is 0.707. The van der Waals surface area contributed by atoms with Crippen LogP contribution in [0.25, 0.3) is 0 Å². The summed E-state index contributed by atoms with van der Waals surface area (Å²) >= 11 is 3.49. The summed E-state index contributed by atoms with van der Waals surface area (Å²) < 4.78 is 16.9. The monoisotopic (exact) mass is 331 g/mol. The standard InChI is InChI=1S/C14H22BrNO3/c1-11(16)13-5-4-12(10-14(13)15)19-9-8-18-7-3-6-17-2/h4-5,10-11H,3,6-9,16H2,1-2H3. The average Bonchev–Trinajstić information content (AvgIpc) is 2.37. The predicted molar refractivity (Wildman–Crippen MR) is 79.6 cm³/mol. The topological polar surface area (TPSA) is 53.7 Å². The van der Waals surface area contributed by atoms with Crippen LogP contribution in [0, 0.1) is 0 Å². The SMILES string of the molecule is COCCCOCCOc1ccc(C(C)N)c(Br)c1. The van der Waals surface area contributed by atoms with Crippen LogP contribution in [0.4, 0.5) is 0 Å². The lowest BCUT2D eigenvalue weighted by Crippen LogP contribution is -2.09. The molecule has 0 spiro atoms. The smallest absolute Gasteiger partial charge is 0.120 e. The molecule has 108 valence electrons. The molecule has 0 aliphatic heterocycles. The van der Waals surface area contributed by atoms with E-state index in [-0.39, 0.29) is 6.04 Å². The fraction of sp³-hybridized carbons (Fsp3) is 0.571. The van der Waals surface area contributed by atoms with Gasteiger partial charge in [0.2, 0.25) is 0 Å². The van der Waals surface area contributed by atoms with Gasteiger partial charge in [-0.3, -0.25) is 0 Å². The Labute approximate surface area is 123 Å². The Morgan fingerprint density at radius 3 is 2.63 bits per heavy atom. The molecular weight excluding hydrogens is 310 g/mol. The molecule has 0 amide bonds. The van der Waals surface area contributed by atoms with Crippen LogP contribution in [-0.4, -0.2) is 33.5 Å². The molecular formula is C14H22BrNO3. The van der Waals surface area contributed by atoms with Gasteiger partial charge >= 0.3 is 0 Å². The van der Waals surface area contributed by atoms with Gasteiger partial charge in [-0.05, 0) is 31.0 Å². The van der Waals surface area contributed by atoms with E-state index in [9.17, 15) is 0 Å². The highest BCUT2D eigenvalue weighted by molar-refractivity contribution is 9.10. The zero-order chi connectivity index (χ0) is 14.1. The summed E-state index contributed by atoms with van der Waals surface area (Å²) in [7, 11) is 1.69. The van der Waals surface area contributed by atoms with E-state index in [2.05, 4.69) is 15.9 Å². The zero-order valence-electron chi connectivity index (χ0n) is 11.5. The minimum atomic E-state index is 0.00698. The summed E-state index contributed by atoms with van der Waals surface area (Å²) in [5, 5.41) is 0. The van der Waals surface area contributed by atoms with Crippen LogP contribution in [0.1, 0.15) is 24.9 Å². The van der Waals surface area contributed by atoms with Crippen molar-refractivity contribution in [3.05, 3.63) is 28.2 Å². The molecule has 19 heavy (non-hydrogen) atoms. The number of hydrogen-bond donors (Lipinski definition) is 1. The van der Waals surface area contributed by atoms with Crippen LogP contribution in [-0.2, 0) is 9.47 Å². The Hall–Kier alpha value is -0.620. The van der Waals surface area contributed by atoms with Crippen molar-refractivity contribution in [3.8, 4) is 5.75 Å². The number of hydrogen-bond acceptors (Lipinski definition) is 4. The van der Waals surface area contributed by atoms with E-state index in [0.29, 0.717) is 19.8 Å². The van der Waals surface area contributed by atoms with Crippen molar-refractivity contribution in [2.24, 2.45) is 5.73 Å². The third kappa shape index (κ3) is 6.38. The maximum absolute atomic E-state index is 5.84. The summed E-state index contributed by atoms with van der Waals surface area (Å²) in [5.41, 5.74) is 6.92. The first-order valence-corrected chi connectivity index (χ1v) is 7.19. The van der Waals surface area contributed by atoms with Crippen molar-refractivity contribution < 1.29 is 14.2 Å². The summed E-state index contributed by atoms with van der Waals surface area (Å²) in [4.78, 5) is 0. The largest absolute Gasteiger partial charge is 0.491 e. The Bertz CT molecular complexity index is 372. The summed E-state index contributed by atoms with van der Waals surface area (Å²) in [6.07, 6.45) is 0.908. The normalized spacial score (nSPS) is 12.4. The van der Waals surface area contributed by atoms with Crippen LogP contribution in [0.15, 0.2) is 22.7 Å². The van der Waals surface area contributed by atoms with Gasteiger partial charge in [-0.1, -0.05) is 22.0 Å².